The molecule has 1 amide bonds. The summed E-state index contributed by atoms with van der Waals surface area (Å²) in [6.07, 6.45) is 2.45. The van der Waals surface area contributed by atoms with Crippen molar-refractivity contribution in [1.82, 2.24) is 4.31 Å². The first-order valence-corrected chi connectivity index (χ1v) is 9.28. The molecule has 1 saturated heterocycles. The quantitative estimate of drug-likeness (QED) is 0.892. The Hall–Kier alpha value is -1.11. The molecule has 1 heterocycles. The predicted molar refractivity (Wildman–Crippen MR) is 87.5 cm³/mol. The maximum Gasteiger partial charge on any atom is 0.244 e. The van der Waals surface area contributed by atoms with E-state index >= 15 is 0 Å². The van der Waals surface area contributed by atoms with Crippen molar-refractivity contribution in [1.29, 1.82) is 0 Å². The number of hydrogen-bond donors (Lipinski definition) is 1. The predicted octanol–water partition coefficient (Wildman–Crippen LogP) is 3.11. The second-order valence-corrected chi connectivity index (χ2v) is 7.87. The maximum atomic E-state index is 12.6. The van der Waals surface area contributed by atoms with E-state index in [0.717, 1.165) is 19.3 Å². The fourth-order valence-corrected chi connectivity index (χ4v) is 4.31. The molecule has 2 rings (SSSR count). The van der Waals surface area contributed by atoms with Gasteiger partial charge in [0.05, 0.1) is 5.02 Å². The zero-order chi connectivity index (χ0) is 16.3. The zero-order valence-corrected chi connectivity index (χ0v) is 14.4. The van der Waals surface area contributed by atoms with Gasteiger partial charge in [-0.05, 0) is 37.5 Å². The Morgan fingerprint density at radius 3 is 2.59 bits per heavy atom. The molecule has 1 aromatic carbocycles. The second kappa shape index (κ2) is 6.98. The summed E-state index contributed by atoms with van der Waals surface area (Å²) in [5.74, 6) is -0.260. The van der Waals surface area contributed by atoms with Crippen molar-refractivity contribution in [3.8, 4) is 0 Å². The molecule has 0 aromatic heterocycles. The molecule has 0 radical (unpaired) electrons. The Bertz CT molecular complexity index is 655. The van der Waals surface area contributed by atoms with Gasteiger partial charge in [0.2, 0.25) is 15.9 Å². The van der Waals surface area contributed by atoms with E-state index in [1.807, 2.05) is 13.8 Å². The zero-order valence-electron chi connectivity index (χ0n) is 12.8. The van der Waals surface area contributed by atoms with Gasteiger partial charge in [-0.2, -0.15) is 4.31 Å². The molecule has 1 aliphatic heterocycles. The number of anilines is 1. The van der Waals surface area contributed by atoms with Crippen LogP contribution in [0.3, 0.4) is 0 Å². The molecule has 0 saturated carbocycles. The molecule has 1 unspecified atom stereocenters. The molecule has 0 spiro atoms. The van der Waals surface area contributed by atoms with Crippen LogP contribution in [0.4, 0.5) is 5.69 Å². The van der Waals surface area contributed by atoms with Gasteiger partial charge in [-0.3, -0.25) is 4.79 Å². The van der Waals surface area contributed by atoms with Gasteiger partial charge >= 0.3 is 0 Å². The van der Waals surface area contributed by atoms with E-state index in [0.29, 0.717) is 18.8 Å². The highest BCUT2D eigenvalue weighted by molar-refractivity contribution is 7.89. The summed E-state index contributed by atoms with van der Waals surface area (Å²) in [5.41, 5.74) is 0.451. The van der Waals surface area contributed by atoms with Crippen LogP contribution < -0.4 is 5.32 Å². The summed E-state index contributed by atoms with van der Waals surface area (Å²) >= 11 is 6.07. The molecule has 0 aliphatic carbocycles. The van der Waals surface area contributed by atoms with Gasteiger partial charge in [0.1, 0.15) is 4.90 Å². The summed E-state index contributed by atoms with van der Waals surface area (Å²) in [6.45, 7) is 4.78. The minimum absolute atomic E-state index is 0.0537. The molecular weight excluding hydrogens is 324 g/mol. The van der Waals surface area contributed by atoms with Gasteiger partial charge in [-0.25, -0.2) is 8.42 Å². The fraction of sp³-hybridized carbons (Fsp3) is 0.533. The number of nitrogens with one attached hydrogen (secondary N) is 1. The number of rotatable bonds is 5. The Kier molecular flexibility index (Phi) is 5.47. The lowest BCUT2D eigenvalue weighted by Crippen LogP contribution is -2.28. The molecule has 5 nitrogen and oxygen atoms in total. The largest absolute Gasteiger partial charge is 0.326 e. The van der Waals surface area contributed by atoms with E-state index in [9.17, 15) is 13.2 Å². The maximum absolute atomic E-state index is 12.6. The van der Waals surface area contributed by atoms with Crippen LogP contribution in [-0.2, 0) is 14.8 Å². The number of sulfonamides is 1. The molecule has 0 bridgehead atoms. The molecule has 22 heavy (non-hydrogen) atoms. The third-order valence-electron chi connectivity index (χ3n) is 3.94. The monoisotopic (exact) mass is 344 g/mol. The lowest BCUT2D eigenvalue weighted by molar-refractivity contribution is -0.119. The van der Waals surface area contributed by atoms with E-state index in [1.165, 1.54) is 16.4 Å². The second-order valence-electron chi connectivity index (χ2n) is 5.55. The Balaban J connectivity index is 2.29. The highest BCUT2D eigenvalue weighted by Crippen LogP contribution is 2.29. The van der Waals surface area contributed by atoms with Crippen LogP contribution in [0.1, 0.15) is 33.1 Å². The summed E-state index contributed by atoms with van der Waals surface area (Å²) in [7, 11) is -3.60. The number of halogens is 1. The minimum Gasteiger partial charge on any atom is -0.326 e. The summed E-state index contributed by atoms with van der Waals surface area (Å²) in [5, 5.41) is 2.92. The highest BCUT2D eigenvalue weighted by atomic mass is 35.5. The van der Waals surface area contributed by atoms with E-state index in [1.54, 1.807) is 6.07 Å². The smallest absolute Gasteiger partial charge is 0.244 e. The van der Waals surface area contributed by atoms with Crippen molar-refractivity contribution >= 4 is 33.2 Å². The van der Waals surface area contributed by atoms with Gasteiger partial charge in [0.15, 0.2) is 0 Å². The van der Waals surface area contributed by atoms with Crippen molar-refractivity contribution in [2.45, 2.75) is 38.0 Å². The third kappa shape index (κ3) is 3.62. The van der Waals surface area contributed by atoms with E-state index in [-0.39, 0.29) is 21.7 Å². The Morgan fingerprint density at radius 2 is 2.00 bits per heavy atom. The molecule has 1 fully saturated rings. The lowest BCUT2D eigenvalue weighted by atomic mass is 10.1. The Labute approximate surface area is 136 Å². The van der Waals surface area contributed by atoms with E-state index in [4.69, 9.17) is 11.6 Å². The van der Waals surface area contributed by atoms with Crippen molar-refractivity contribution in [3.63, 3.8) is 0 Å². The van der Waals surface area contributed by atoms with E-state index in [2.05, 4.69) is 5.32 Å². The Morgan fingerprint density at radius 1 is 1.36 bits per heavy atom. The first-order chi connectivity index (χ1) is 10.4. The topological polar surface area (TPSA) is 66.5 Å². The van der Waals surface area contributed by atoms with Crippen molar-refractivity contribution in [2.75, 3.05) is 18.4 Å². The van der Waals surface area contributed by atoms with Gasteiger partial charge in [0.25, 0.3) is 0 Å². The SMILES string of the molecule is CCC(C)C(=O)Nc1ccc(Cl)c(S(=O)(=O)N2CCCC2)c1. The van der Waals surface area contributed by atoms with Crippen LogP contribution in [0.2, 0.25) is 5.02 Å². The van der Waals surface area contributed by atoms with Gasteiger partial charge < -0.3 is 5.32 Å². The lowest BCUT2D eigenvalue weighted by Gasteiger charge is -2.17. The summed E-state index contributed by atoms with van der Waals surface area (Å²) < 4.78 is 26.7. The number of carbonyl (C=O) groups is 1. The standard InChI is InChI=1S/C15H21ClN2O3S/c1-3-11(2)15(19)17-12-6-7-13(16)14(10-12)22(20,21)18-8-4-5-9-18/h6-7,10-11H,3-5,8-9H2,1-2H3,(H,17,19). The molecule has 7 heteroatoms. The van der Waals surface area contributed by atoms with Gasteiger partial charge in [-0.15, -0.1) is 0 Å². The van der Waals surface area contributed by atoms with E-state index < -0.39 is 10.0 Å². The van der Waals surface area contributed by atoms with Gasteiger partial charge in [-0.1, -0.05) is 25.4 Å². The summed E-state index contributed by atoms with van der Waals surface area (Å²) in [4.78, 5) is 12.0. The number of nitrogens with zero attached hydrogens (tertiary/aromatic N) is 1. The minimum atomic E-state index is -3.60. The average molecular weight is 345 g/mol. The van der Waals surface area contributed by atoms with Crippen LogP contribution in [0.5, 0.6) is 0 Å². The number of amides is 1. The third-order valence-corrected chi connectivity index (χ3v) is 6.32. The van der Waals surface area contributed by atoms with Crippen molar-refractivity contribution in [3.05, 3.63) is 23.2 Å². The normalized spacial score (nSPS) is 17.4. The average Bonchev–Trinajstić information content (AvgIpc) is 3.03. The molecule has 1 N–H and O–H groups in total. The number of carbonyl (C=O) groups excluding carboxylic acids is 1. The molecule has 122 valence electrons. The van der Waals surface area contributed by atoms with Crippen molar-refractivity contribution < 1.29 is 13.2 Å². The number of benzene rings is 1. The molecule has 1 atom stereocenters. The van der Waals surface area contributed by atoms with Crippen LogP contribution in [-0.4, -0.2) is 31.7 Å². The van der Waals surface area contributed by atoms with Crippen LogP contribution >= 0.6 is 11.6 Å². The first-order valence-electron chi connectivity index (χ1n) is 7.47. The van der Waals surface area contributed by atoms with Crippen molar-refractivity contribution in [2.24, 2.45) is 5.92 Å². The van der Waals surface area contributed by atoms with Crippen LogP contribution in [0, 0.1) is 5.92 Å². The number of hydrogen-bond acceptors (Lipinski definition) is 3. The molecule has 1 aromatic rings. The van der Waals surface area contributed by atoms with Crippen LogP contribution in [0.15, 0.2) is 23.1 Å². The first kappa shape index (κ1) is 17.2. The van der Waals surface area contributed by atoms with Crippen LogP contribution in [0.25, 0.3) is 0 Å². The molecular formula is C15H21ClN2O3S. The highest BCUT2D eigenvalue weighted by Gasteiger charge is 2.29. The fourth-order valence-electron chi connectivity index (χ4n) is 2.30. The van der Waals surface area contributed by atoms with Gasteiger partial charge in [0, 0.05) is 24.7 Å². The molecule has 1 aliphatic rings. The summed E-state index contributed by atoms with van der Waals surface area (Å²) in [6, 6.07) is 4.57.